The number of carbonyl (C=O) groups excluding carboxylic acids is 1. The summed E-state index contributed by atoms with van der Waals surface area (Å²) in [4.78, 5) is 23.4. The van der Waals surface area contributed by atoms with Gasteiger partial charge in [-0.3, -0.25) is 0 Å². The van der Waals surface area contributed by atoms with E-state index < -0.39 is 11.6 Å². The van der Waals surface area contributed by atoms with Gasteiger partial charge in [0.25, 0.3) is 0 Å². The molecular weight excluding hydrogens is 438 g/mol. The second-order valence-corrected chi connectivity index (χ2v) is 4.35. The summed E-state index contributed by atoms with van der Waals surface area (Å²) in [6, 6.07) is 1.33. The Kier molecular flexibility index (Phi) is 8.35. The third kappa shape index (κ3) is 3.76. The van der Waals surface area contributed by atoms with E-state index in [0.29, 0.717) is 11.1 Å². The Balaban J connectivity index is 0.00000220. The molecule has 0 spiro atoms. The van der Waals surface area contributed by atoms with E-state index in [0.717, 1.165) is 0 Å². The number of esters is 1. The molecule has 5 nitrogen and oxygen atoms in total. The molecule has 112 valence electrons. The van der Waals surface area contributed by atoms with Crippen LogP contribution in [-0.4, -0.2) is 17.7 Å². The maximum atomic E-state index is 11.8. The van der Waals surface area contributed by atoms with Gasteiger partial charge in [0.05, 0.1) is 6.61 Å². The maximum absolute atomic E-state index is 11.8. The molecule has 0 unspecified atom stereocenters. The zero-order valence-corrected chi connectivity index (χ0v) is 18.1. The number of phenols is 1. The minimum Gasteiger partial charge on any atom is -0.546 e. The van der Waals surface area contributed by atoms with Gasteiger partial charge >= 0.3 is 5.97 Å². The summed E-state index contributed by atoms with van der Waals surface area (Å²) in [5.41, 5.74) is 0.438. The number of benzene rings is 1. The van der Waals surface area contributed by atoms with E-state index in [1.54, 1.807) is 13.8 Å². The number of ether oxygens (including phenoxy) is 1. The number of phenolic OH excluding ortho intramolecular Hbond substituents is 1. The van der Waals surface area contributed by atoms with Crippen molar-refractivity contribution in [3.8, 4) is 5.75 Å². The minimum atomic E-state index is -0.659. The average Bonchev–Trinajstić information content (AvgIpc) is 2.40. The van der Waals surface area contributed by atoms with E-state index in [4.69, 9.17) is 9.15 Å². The zero-order valence-electron chi connectivity index (χ0n) is 12.4. The predicted molar refractivity (Wildman–Crippen MR) is 73.8 cm³/mol. The monoisotopic (exact) mass is 452 g/mol. The molecule has 2 aromatic rings. The van der Waals surface area contributed by atoms with Crippen LogP contribution in [0.25, 0.3) is 11.0 Å². The fraction of sp³-hybridized carbons (Fsp3) is 0.200. The molecule has 1 heterocycles. The Morgan fingerprint density at radius 3 is 2.50 bits per heavy atom. The first-order valence-electron chi connectivity index (χ1n) is 6.02. The first-order chi connectivity index (χ1) is 9.38. The quantitative estimate of drug-likeness (QED) is 0.431. The molecule has 0 saturated carbocycles. The van der Waals surface area contributed by atoms with E-state index in [-0.39, 0.29) is 99.9 Å². The molecule has 0 fully saturated rings. The first kappa shape index (κ1) is 21.6. The fourth-order valence-corrected chi connectivity index (χ4v) is 2.00. The fourth-order valence-electron chi connectivity index (χ4n) is 2.00. The molecule has 0 aliphatic carbocycles. The van der Waals surface area contributed by atoms with Crippen molar-refractivity contribution in [1.29, 1.82) is 0 Å². The molecular formula is C15H14O5Y2-2. The molecule has 1 N–H and O–H groups in total. The van der Waals surface area contributed by atoms with Crippen LogP contribution in [-0.2, 0) is 70.2 Å². The van der Waals surface area contributed by atoms with Crippen LogP contribution in [0.4, 0.5) is 0 Å². The van der Waals surface area contributed by atoms with Gasteiger partial charge in [-0.1, -0.05) is 12.3 Å². The standard InChI is InChI=1S/C15H14O5.2Y/c1-5-19-15(18)10-6-7(2)13-11(12(10)16)8(3)9(4)14(17)20-13;;/h6,16H,2,4-5H2,1,3H3;;/q-2;;. The number of fused-ring (bicyclic) bond motifs is 1. The van der Waals surface area contributed by atoms with E-state index in [1.807, 2.05) is 0 Å². The van der Waals surface area contributed by atoms with Crippen LogP contribution in [0, 0.1) is 20.8 Å². The Labute approximate surface area is 178 Å². The molecule has 0 saturated heterocycles. The minimum absolute atomic E-state index is 0. The van der Waals surface area contributed by atoms with Crippen LogP contribution < -0.4 is 5.63 Å². The Hall–Kier alpha value is -0.352. The van der Waals surface area contributed by atoms with Gasteiger partial charge in [0.1, 0.15) is 5.75 Å². The summed E-state index contributed by atoms with van der Waals surface area (Å²) in [7, 11) is 0. The topological polar surface area (TPSA) is 76.7 Å². The molecule has 22 heavy (non-hydrogen) atoms. The van der Waals surface area contributed by atoms with Crippen LogP contribution in [0.3, 0.4) is 0 Å². The second kappa shape index (κ2) is 8.49. The molecule has 0 aliphatic heterocycles. The van der Waals surface area contributed by atoms with Gasteiger partial charge in [-0.2, -0.15) is 19.4 Å². The zero-order chi connectivity index (χ0) is 15.0. The van der Waals surface area contributed by atoms with Crippen LogP contribution in [0.1, 0.15) is 34.0 Å². The smallest absolute Gasteiger partial charge is 0.329 e. The van der Waals surface area contributed by atoms with Crippen molar-refractivity contribution < 1.29 is 84.5 Å². The summed E-state index contributed by atoms with van der Waals surface area (Å²) < 4.78 is 9.96. The number of carbonyl (C=O) groups is 1. The largest absolute Gasteiger partial charge is 0.546 e. The van der Waals surface area contributed by atoms with Gasteiger partial charge in [0, 0.05) is 76.6 Å². The third-order valence-corrected chi connectivity index (χ3v) is 3.09. The van der Waals surface area contributed by atoms with Gasteiger partial charge < -0.3 is 19.1 Å². The molecule has 0 aliphatic rings. The maximum Gasteiger partial charge on any atom is 0.329 e. The van der Waals surface area contributed by atoms with Crippen molar-refractivity contribution in [1.82, 2.24) is 0 Å². The molecule has 7 heteroatoms. The summed E-state index contributed by atoms with van der Waals surface area (Å²) >= 11 is 0. The molecule has 0 atom stereocenters. The SMILES string of the molecule is [CH2-]c1c(C)c2c(O)c(C(=O)OCC)cc([CH2-])c2oc1=O.[Y].[Y]. The molecule has 0 amide bonds. The first-order valence-corrected chi connectivity index (χ1v) is 6.02. The van der Waals surface area contributed by atoms with E-state index >= 15 is 0 Å². The van der Waals surface area contributed by atoms with Gasteiger partial charge in [0.2, 0.25) is 5.63 Å². The molecule has 2 rings (SSSR count). The van der Waals surface area contributed by atoms with E-state index in [2.05, 4.69) is 13.8 Å². The van der Waals surface area contributed by atoms with Gasteiger partial charge in [-0.15, -0.1) is 17.2 Å². The van der Waals surface area contributed by atoms with Crippen molar-refractivity contribution in [2.75, 3.05) is 6.61 Å². The molecule has 0 bridgehead atoms. The summed E-state index contributed by atoms with van der Waals surface area (Å²) in [6.45, 7) is 10.8. The van der Waals surface area contributed by atoms with Crippen molar-refractivity contribution >= 4 is 16.9 Å². The van der Waals surface area contributed by atoms with E-state index in [9.17, 15) is 14.7 Å². The molecule has 1 aromatic heterocycles. The van der Waals surface area contributed by atoms with Crippen molar-refractivity contribution in [2.24, 2.45) is 0 Å². The van der Waals surface area contributed by atoms with Crippen molar-refractivity contribution in [3.05, 3.63) is 52.6 Å². The van der Waals surface area contributed by atoms with Crippen molar-refractivity contribution in [3.63, 3.8) is 0 Å². The van der Waals surface area contributed by atoms with Crippen LogP contribution in [0.15, 0.2) is 15.3 Å². The number of aryl methyl sites for hydroxylation is 1. The summed E-state index contributed by atoms with van der Waals surface area (Å²) in [5, 5.41) is 10.5. The Morgan fingerprint density at radius 1 is 1.36 bits per heavy atom. The average molecular weight is 452 g/mol. The molecule has 1 aromatic carbocycles. The van der Waals surface area contributed by atoms with Crippen LogP contribution >= 0.6 is 0 Å². The Bertz CT molecular complexity index is 765. The van der Waals surface area contributed by atoms with Gasteiger partial charge in [-0.05, 0) is 6.92 Å². The number of aromatic hydroxyl groups is 1. The number of rotatable bonds is 2. The van der Waals surface area contributed by atoms with Crippen LogP contribution in [0.5, 0.6) is 5.75 Å². The van der Waals surface area contributed by atoms with E-state index in [1.165, 1.54) is 6.07 Å². The van der Waals surface area contributed by atoms with Gasteiger partial charge in [-0.25, -0.2) is 4.79 Å². The number of hydrogen-bond acceptors (Lipinski definition) is 5. The summed E-state index contributed by atoms with van der Waals surface area (Å²) in [5.74, 6) is -0.954. The van der Waals surface area contributed by atoms with Crippen LogP contribution in [0.2, 0.25) is 0 Å². The number of hydrogen-bond donors (Lipinski definition) is 1. The summed E-state index contributed by atoms with van der Waals surface area (Å²) in [6.07, 6.45) is 0. The third-order valence-electron chi connectivity index (χ3n) is 3.09. The normalized spacial score (nSPS) is 9.73. The van der Waals surface area contributed by atoms with Gasteiger partial charge in [0.15, 0.2) is 0 Å². The second-order valence-electron chi connectivity index (χ2n) is 4.35. The predicted octanol–water partition coefficient (Wildman–Crippen LogP) is 2.34. The Morgan fingerprint density at radius 2 is 1.95 bits per heavy atom. The molecule has 2 radical (unpaired) electrons. The van der Waals surface area contributed by atoms with Crippen molar-refractivity contribution in [2.45, 2.75) is 13.8 Å².